The van der Waals surface area contributed by atoms with Gasteiger partial charge in [-0.1, -0.05) is 12.1 Å². The Morgan fingerprint density at radius 3 is 2.77 bits per heavy atom. The van der Waals surface area contributed by atoms with Crippen LogP contribution in [0.25, 0.3) is 0 Å². The first-order valence-electron chi connectivity index (χ1n) is 10.2. The molecule has 0 saturated carbocycles. The molecule has 5 rings (SSSR count). The number of piperidine rings is 1. The van der Waals surface area contributed by atoms with Crippen LogP contribution >= 0.6 is 11.3 Å². The Kier molecular flexibility index (Phi) is 4.92. The van der Waals surface area contributed by atoms with Crippen molar-refractivity contribution in [1.29, 1.82) is 0 Å². The maximum atomic E-state index is 13.2. The average molecular weight is 439 g/mol. The van der Waals surface area contributed by atoms with Gasteiger partial charge in [0.2, 0.25) is 11.8 Å². The number of rotatable bonds is 4. The molecule has 4 heterocycles. The topological polar surface area (TPSA) is 126 Å². The summed E-state index contributed by atoms with van der Waals surface area (Å²) in [5, 5.41) is 3.15. The second-order valence-corrected chi connectivity index (χ2v) is 9.10. The summed E-state index contributed by atoms with van der Waals surface area (Å²) in [7, 11) is 0. The molecule has 0 bridgehead atoms. The van der Waals surface area contributed by atoms with Gasteiger partial charge in [-0.15, -0.1) is 11.3 Å². The molecule has 1 saturated heterocycles. The Hall–Kier alpha value is -2.95. The number of carbonyl (C=O) groups excluding carboxylic acids is 4. The SMILES string of the molecule is NCc1nc2c(s1)CCN(Cc1cccc3c1C(=O)N(C1CCC(=O)NC1=O)C3=O)C2. The number of nitrogens with two attached hydrogens (primary N) is 1. The van der Waals surface area contributed by atoms with E-state index in [0.717, 1.165) is 34.1 Å². The molecular formula is C21H21N5O4S. The third-order valence-corrected chi connectivity index (χ3v) is 7.15. The number of fused-ring (bicyclic) bond motifs is 2. The summed E-state index contributed by atoms with van der Waals surface area (Å²) in [4.78, 5) is 59.0. The van der Waals surface area contributed by atoms with Crippen molar-refractivity contribution in [3.63, 3.8) is 0 Å². The van der Waals surface area contributed by atoms with E-state index in [0.29, 0.717) is 30.8 Å². The predicted molar refractivity (Wildman–Crippen MR) is 111 cm³/mol. The van der Waals surface area contributed by atoms with Crippen LogP contribution in [0, 0.1) is 0 Å². The first-order valence-corrected chi connectivity index (χ1v) is 11.0. The predicted octanol–water partition coefficient (Wildman–Crippen LogP) is 0.561. The molecule has 1 aromatic heterocycles. The number of hydrogen-bond acceptors (Lipinski definition) is 8. The largest absolute Gasteiger partial charge is 0.325 e. The van der Waals surface area contributed by atoms with E-state index in [-0.39, 0.29) is 18.7 Å². The summed E-state index contributed by atoms with van der Waals surface area (Å²) in [5.74, 6) is -1.94. The van der Waals surface area contributed by atoms with E-state index >= 15 is 0 Å². The van der Waals surface area contributed by atoms with Crippen molar-refractivity contribution in [2.45, 2.75) is 44.9 Å². The van der Waals surface area contributed by atoms with Crippen molar-refractivity contribution in [3.05, 3.63) is 50.5 Å². The molecule has 0 spiro atoms. The van der Waals surface area contributed by atoms with Crippen LogP contribution in [0.2, 0.25) is 0 Å². The van der Waals surface area contributed by atoms with Crippen LogP contribution in [0.3, 0.4) is 0 Å². The molecule has 1 atom stereocenters. The van der Waals surface area contributed by atoms with E-state index in [4.69, 9.17) is 5.73 Å². The van der Waals surface area contributed by atoms with Crippen molar-refractivity contribution < 1.29 is 19.2 Å². The maximum absolute atomic E-state index is 13.2. The number of nitrogens with one attached hydrogen (secondary N) is 1. The molecule has 0 radical (unpaired) electrons. The molecule has 10 heteroatoms. The van der Waals surface area contributed by atoms with E-state index in [1.807, 2.05) is 6.07 Å². The lowest BCUT2D eigenvalue weighted by atomic mass is 10.0. The van der Waals surface area contributed by atoms with Gasteiger partial charge in [-0.2, -0.15) is 0 Å². The van der Waals surface area contributed by atoms with E-state index < -0.39 is 23.8 Å². The van der Waals surface area contributed by atoms with Crippen LogP contribution in [0.1, 0.15) is 54.7 Å². The zero-order valence-electron chi connectivity index (χ0n) is 16.7. The minimum Gasteiger partial charge on any atom is -0.325 e. The van der Waals surface area contributed by atoms with Gasteiger partial charge in [0, 0.05) is 37.5 Å². The lowest BCUT2D eigenvalue weighted by Gasteiger charge is -2.28. The lowest BCUT2D eigenvalue weighted by molar-refractivity contribution is -0.136. The van der Waals surface area contributed by atoms with Crippen molar-refractivity contribution in [2.24, 2.45) is 5.73 Å². The van der Waals surface area contributed by atoms with Gasteiger partial charge < -0.3 is 5.73 Å². The van der Waals surface area contributed by atoms with Gasteiger partial charge in [0.25, 0.3) is 11.8 Å². The van der Waals surface area contributed by atoms with Gasteiger partial charge in [0.1, 0.15) is 11.0 Å². The third-order valence-electron chi connectivity index (χ3n) is 5.97. The van der Waals surface area contributed by atoms with Crippen LogP contribution in [0.4, 0.5) is 0 Å². The normalized spacial score (nSPS) is 21.3. The summed E-state index contributed by atoms with van der Waals surface area (Å²) < 4.78 is 0. The van der Waals surface area contributed by atoms with Gasteiger partial charge >= 0.3 is 0 Å². The highest BCUT2D eigenvalue weighted by atomic mass is 32.1. The van der Waals surface area contributed by atoms with Crippen molar-refractivity contribution >= 4 is 35.0 Å². The van der Waals surface area contributed by atoms with Crippen LogP contribution in [-0.4, -0.2) is 51.0 Å². The molecule has 31 heavy (non-hydrogen) atoms. The molecule has 3 N–H and O–H groups in total. The monoisotopic (exact) mass is 439 g/mol. The van der Waals surface area contributed by atoms with Crippen molar-refractivity contribution in [2.75, 3.05) is 6.54 Å². The van der Waals surface area contributed by atoms with Crippen molar-refractivity contribution in [3.8, 4) is 0 Å². The Labute approximate surface area is 182 Å². The van der Waals surface area contributed by atoms with E-state index in [2.05, 4.69) is 15.2 Å². The molecule has 1 aromatic carbocycles. The quantitative estimate of drug-likeness (QED) is 0.667. The second kappa shape index (κ2) is 7.63. The number of imide groups is 2. The minimum atomic E-state index is -0.958. The van der Waals surface area contributed by atoms with E-state index in [1.54, 1.807) is 23.5 Å². The summed E-state index contributed by atoms with van der Waals surface area (Å²) in [6.45, 7) is 2.41. The summed E-state index contributed by atoms with van der Waals surface area (Å²) in [6, 6.07) is 4.27. The fourth-order valence-electron chi connectivity index (χ4n) is 4.49. The zero-order chi connectivity index (χ0) is 21.7. The first kappa shape index (κ1) is 20.0. The van der Waals surface area contributed by atoms with Gasteiger partial charge in [-0.05, 0) is 24.5 Å². The molecule has 1 fully saturated rings. The van der Waals surface area contributed by atoms with Crippen LogP contribution in [0.5, 0.6) is 0 Å². The molecule has 4 amide bonds. The number of hydrogen-bond donors (Lipinski definition) is 2. The smallest absolute Gasteiger partial charge is 0.262 e. The highest BCUT2D eigenvalue weighted by molar-refractivity contribution is 7.11. The van der Waals surface area contributed by atoms with Gasteiger partial charge in [-0.25, -0.2) is 4.98 Å². The Bertz CT molecular complexity index is 1130. The van der Waals surface area contributed by atoms with Gasteiger partial charge in [0.15, 0.2) is 0 Å². The summed E-state index contributed by atoms with van der Waals surface area (Å²) in [5.41, 5.74) is 8.15. The maximum Gasteiger partial charge on any atom is 0.262 e. The lowest BCUT2D eigenvalue weighted by Crippen LogP contribution is -2.54. The molecule has 0 aliphatic carbocycles. The Balaban J connectivity index is 1.40. The highest BCUT2D eigenvalue weighted by Gasteiger charge is 2.45. The van der Waals surface area contributed by atoms with E-state index in [9.17, 15) is 19.2 Å². The van der Waals surface area contributed by atoms with Crippen LogP contribution < -0.4 is 11.1 Å². The number of amides is 4. The number of aromatic nitrogens is 1. The molecule has 2 aromatic rings. The molecule has 3 aliphatic rings. The standard InChI is InChI=1S/C21H21N5O4S/c22-8-17-23-13-10-25(7-6-15(13)31-17)9-11-2-1-3-12-18(11)21(30)26(20(12)29)14-4-5-16(27)24-19(14)28/h1-3,14H,4-10,22H2,(H,24,27,28). The molecule has 3 aliphatic heterocycles. The number of thiazole rings is 1. The third kappa shape index (κ3) is 3.36. The van der Waals surface area contributed by atoms with Crippen LogP contribution in [-0.2, 0) is 35.6 Å². The average Bonchev–Trinajstić information content (AvgIpc) is 3.27. The number of benzene rings is 1. The van der Waals surface area contributed by atoms with E-state index in [1.165, 1.54) is 4.88 Å². The highest BCUT2D eigenvalue weighted by Crippen LogP contribution is 2.32. The molecule has 1 unspecified atom stereocenters. The fraction of sp³-hybridized carbons (Fsp3) is 0.381. The molecule has 160 valence electrons. The van der Waals surface area contributed by atoms with Crippen molar-refractivity contribution in [1.82, 2.24) is 20.1 Å². The fourth-order valence-corrected chi connectivity index (χ4v) is 5.43. The van der Waals surface area contributed by atoms with Gasteiger partial charge in [0.05, 0.1) is 16.8 Å². The molecule has 9 nitrogen and oxygen atoms in total. The van der Waals surface area contributed by atoms with Crippen LogP contribution in [0.15, 0.2) is 18.2 Å². The number of nitrogens with zero attached hydrogens (tertiary/aromatic N) is 3. The summed E-state index contributed by atoms with van der Waals surface area (Å²) >= 11 is 1.65. The summed E-state index contributed by atoms with van der Waals surface area (Å²) in [6.07, 6.45) is 1.12. The van der Waals surface area contributed by atoms with Gasteiger partial charge in [-0.3, -0.25) is 34.3 Å². The zero-order valence-corrected chi connectivity index (χ0v) is 17.5. The minimum absolute atomic E-state index is 0.102. The second-order valence-electron chi connectivity index (χ2n) is 7.93. The Morgan fingerprint density at radius 1 is 1.16 bits per heavy atom. The Morgan fingerprint density at radius 2 is 2.00 bits per heavy atom. The molecular weight excluding hydrogens is 418 g/mol. The number of carbonyl (C=O) groups is 4. The first-order chi connectivity index (χ1) is 15.0.